The predicted molar refractivity (Wildman–Crippen MR) is 56.6 cm³/mol. The minimum absolute atomic E-state index is 0.146. The van der Waals surface area contributed by atoms with E-state index < -0.39 is 5.82 Å². The van der Waals surface area contributed by atoms with E-state index in [2.05, 4.69) is 9.97 Å². The average Bonchev–Trinajstić information content (AvgIpc) is 2.14. The smallest absolute Gasteiger partial charge is 0.197 e. The van der Waals surface area contributed by atoms with Crippen LogP contribution in [-0.2, 0) is 4.74 Å². The van der Waals surface area contributed by atoms with Gasteiger partial charge in [0.05, 0.1) is 0 Å². The first-order valence-corrected chi connectivity index (χ1v) is 5.14. The first kappa shape index (κ1) is 12.6. The van der Waals surface area contributed by atoms with E-state index in [0.717, 1.165) is 0 Å². The number of hydrogen-bond acceptors (Lipinski definition) is 3. The summed E-state index contributed by atoms with van der Waals surface area (Å²) in [4.78, 5) is 7.59. The van der Waals surface area contributed by atoms with Crippen LogP contribution in [-0.4, -0.2) is 17.1 Å². The molecule has 0 spiro atoms. The molecule has 84 valence electrons. The number of halogens is 3. The molecule has 0 fully saturated rings. The lowest BCUT2D eigenvalue weighted by atomic mass is 10.1. The molecular formula is C9H11Cl2FN2O. The van der Waals surface area contributed by atoms with Crippen molar-refractivity contribution in [3.63, 3.8) is 0 Å². The number of rotatable bonds is 3. The second-order valence-electron chi connectivity index (χ2n) is 3.38. The Morgan fingerprint density at radius 1 is 1.20 bits per heavy atom. The number of hydrogen-bond donors (Lipinski definition) is 0. The molecule has 0 aromatic carbocycles. The van der Waals surface area contributed by atoms with Crippen molar-refractivity contribution in [3.8, 4) is 0 Å². The zero-order chi connectivity index (χ0) is 11.6. The predicted octanol–water partition coefficient (Wildman–Crippen LogP) is 3.27. The monoisotopic (exact) mass is 252 g/mol. The van der Waals surface area contributed by atoms with Gasteiger partial charge in [0.1, 0.15) is 6.10 Å². The van der Waals surface area contributed by atoms with Crippen molar-refractivity contribution in [2.75, 3.05) is 7.11 Å². The lowest BCUT2D eigenvalue weighted by Crippen LogP contribution is -2.13. The van der Waals surface area contributed by atoms with Crippen LogP contribution in [0.5, 0.6) is 0 Å². The third kappa shape index (κ3) is 2.77. The first-order chi connectivity index (χ1) is 6.97. The normalized spacial score (nSPS) is 13.3. The maximum absolute atomic E-state index is 13.0. The van der Waals surface area contributed by atoms with Crippen molar-refractivity contribution in [2.24, 2.45) is 5.92 Å². The molecule has 0 bridgehead atoms. The van der Waals surface area contributed by atoms with Crippen molar-refractivity contribution in [1.82, 2.24) is 9.97 Å². The highest BCUT2D eigenvalue weighted by Crippen LogP contribution is 2.26. The van der Waals surface area contributed by atoms with E-state index in [-0.39, 0.29) is 22.3 Å². The molecule has 0 aliphatic rings. The largest absolute Gasteiger partial charge is 0.373 e. The Kier molecular flexibility index (Phi) is 4.25. The van der Waals surface area contributed by atoms with Crippen LogP contribution in [0.25, 0.3) is 0 Å². The molecule has 0 radical (unpaired) electrons. The standard InChI is InChI=1S/C9H11Cl2FN2O/c1-4(2)6(15-3)9-13-7(10)5(12)8(11)14-9/h4,6H,1-3H3. The summed E-state index contributed by atoms with van der Waals surface area (Å²) in [7, 11) is 1.53. The second kappa shape index (κ2) is 5.05. The second-order valence-corrected chi connectivity index (χ2v) is 4.09. The van der Waals surface area contributed by atoms with Gasteiger partial charge in [-0.05, 0) is 5.92 Å². The maximum atomic E-state index is 13.0. The molecule has 0 aliphatic carbocycles. The van der Waals surface area contributed by atoms with Gasteiger partial charge in [-0.25, -0.2) is 14.4 Å². The summed E-state index contributed by atoms with van der Waals surface area (Å²) in [6.07, 6.45) is -0.347. The van der Waals surface area contributed by atoms with Gasteiger partial charge in [0, 0.05) is 7.11 Å². The van der Waals surface area contributed by atoms with Crippen LogP contribution in [0.15, 0.2) is 0 Å². The Balaban J connectivity index is 3.14. The van der Waals surface area contributed by atoms with Crippen LogP contribution in [0, 0.1) is 11.7 Å². The van der Waals surface area contributed by atoms with Gasteiger partial charge in [-0.2, -0.15) is 0 Å². The molecule has 0 saturated heterocycles. The summed E-state index contributed by atoms with van der Waals surface area (Å²) < 4.78 is 18.2. The highest BCUT2D eigenvalue weighted by molar-refractivity contribution is 6.33. The zero-order valence-electron chi connectivity index (χ0n) is 8.59. The lowest BCUT2D eigenvalue weighted by molar-refractivity contribution is 0.0573. The van der Waals surface area contributed by atoms with E-state index in [1.807, 2.05) is 13.8 Å². The van der Waals surface area contributed by atoms with Crippen LogP contribution in [0.4, 0.5) is 4.39 Å². The summed E-state index contributed by atoms with van der Waals surface area (Å²) in [5.41, 5.74) is 0. The van der Waals surface area contributed by atoms with Crippen molar-refractivity contribution >= 4 is 23.2 Å². The van der Waals surface area contributed by atoms with E-state index in [1.54, 1.807) is 0 Å². The molecule has 15 heavy (non-hydrogen) atoms. The van der Waals surface area contributed by atoms with Crippen LogP contribution >= 0.6 is 23.2 Å². The fourth-order valence-corrected chi connectivity index (χ4v) is 1.61. The molecule has 1 aromatic rings. The molecule has 3 nitrogen and oxygen atoms in total. The fraction of sp³-hybridized carbons (Fsp3) is 0.556. The summed E-state index contributed by atoms with van der Waals surface area (Å²) >= 11 is 11.1. The topological polar surface area (TPSA) is 35.0 Å². The van der Waals surface area contributed by atoms with Crippen LogP contribution < -0.4 is 0 Å². The van der Waals surface area contributed by atoms with Crippen molar-refractivity contribution in [3.05, 3.63) is 21.9 Å². The molecular weight excluding hydrogens is 242 g/mol. The van der Waals surface area contributed by atoms with Crippen LogP contribution in [0.1, 0.15) is 25.8 Å². The summed E-state index contributed by atoms with van der Waals surface area (Å²) in [6.45, 7) is 3.87. The van der Waals surface area contributed by atoms with Gasteiger partial charge < -0.3 is 4.74 Å². The van der Waals surface area contributed by atoms with E-state index in [1.165, 1.54) is 7.11 Å². The van der Waals surface area contributed by atoms with Gasteiger partial charge in [-0.15, -0.1) is 0 Å². The zero-order valence-corrected chi connectivity index (χ0v) is 10.1. The van der Waals surface area contributed by atoms with Gasteiger partial charge in [0.2, 0.25) is 0 Å². The van der Waals surface area contributed by atoms with E-state index in [4.69, 9.17) is 27.9 Å². The summed E-state index contributed by atoms with van der Waals surface area (Å²) in [6, 6.07) is 0. The Labute approximate surface area is 97.6 Å². The molecule has 6 heteroatoms. The minimum atomic E-state index is -0.805. The summed E-state index contributed by atoms with van der Waals surface area (Å²) in [5, 5.41) is -0.569. The van der Waals surface area contributed by atoms with E-state index in [9.17, 15) is 4.39 Å². The fourth-order valence-electron chi connectivity index (χ4n) is 1.21. The van der Waals surface area contributed by atoms with Crippen LogP contribution in [0.2, 0.25) is 10.3 Å². The Hall–Kier alpha value is -0.450. The third-order valence-electron chi connectivity index (χ3n) is 1.90. The van der Waals surface area contributed by atoms with Crippen molar-refractivity contribution in [2.45, 2.75) is 20.0 Å². The molecule has 1 unspecified atom stereocenters. The minimum Gasteiger partial charge on any atom is -0.373 e. The van der Waals surface area contributed by atoms with Gasteiger partial charge in [-0.3, -0.25) is 0 Å². The summed E-state index contributed by atoms with van der Waals surface area (Å²) in [5.74, 6) is -0.364. The van der Waals surface area contributed by atoms with Crippen LogP contribution in [0.3, 0.4) is 0 Å². The van der Waals surface area contributed by atoms with Gasteiger partial charge in [0.25, 0.3) is 0 Å². The highest BCUT2D eigenvalue weighted by Gasteiger charge is 2.21. The van der Waals surface area contributed by atoms with E-state index in [0.29, 0.717) is 5.82 Å². The molecule has 0 aliphatic heterocycles. The molecule has 0 N–H and O–H groups in total. The molecule has 1 atom stereocenters. The highest BCUT2D eigenvalue weighted by atomic mass is 35.5. The molecule has 1 aromatic heterocycles. The maximum Gasteiger partial charge on any atom is 0.197 e. The average molecular weight is 253 g/mol. The number of aromatic nitrogens is 2. The number of nitrogens with zero attached hydrogens (tertiary/aromatic N) is 2. The SMILES string of the molecule is COC(c1nc(Cl)c(F)c(Cl)n1)C(C)C. The Morgan fingerprint density at radius 2 is 1.67 bits per heavy atom. The lowest BCUT2D eigenvalue weighted by Gasteiger charge is -2.17. The number of methoxy groups -OCH3 is 1. The van der Waals surface area contributed by atoms with Crippen molar-refractivity contribution < 1.29 is 9.13 Å². The van der Waals surface area contributed by atoms with Gasteiger partial charge in [-0.1, -0.05) is 37.0 Å². The molecule has 0 amide bonds. The number of ether oxygens (including phenoxy) is 1. The van der Waals surface area contributed by atoms with Gasteiger partial charge in [0.15, 0.2) is 21.9 Å². The molecule has 1 heterocycles. The Bertz CT molecular complexity index is 337. The third-order valence-corrected chi connectivity index (χ3v) is 2.40. The van der Waals surface area contributed by atoms with Crippen molar-refractivity contribution in [1.29, 1.82) is 0 Å². The van der Waals surface area contributed by atoms with Gasteiger partial charge >= 0.3 is 0 Å². The molecule has 0 saturated carbocycles. The Morgan fingerprint density at radius 3 is 2.00 bits per heavy atom. The quantitative estimate of drug-likeness (QED) is 0.775. The molecule has 1 rings (SSSR count). The first-order valence-electron chi connectivity index (χ1n) is 4.38. The van der Waals surface area contributed by atoms with E-state index >= 15 is 0 Å².